The molecule has 3 nitrogen and oxygen atoms in total. The highest BCUT2D eigenvalue weighted by Gasteiger charge is 2.11. The van der Waals surface area contributed by atoms with Gasteiger partial charge in [0.05, 0.1) is 11.3 Å². The van der Waals surface area contributed by atoms with Gasteiger partial charge in [-0.1, -0.05) is 48.0 Å². The van der Waals surface area contributed by atoms with Crippen molar-refractivity contribution in [1.82, 2.24) is 0 Å². The Morgan fingerprint density at radius 2 is 1.50 bits per heavy atom. The number of rotatable bonds is 4. The predicted molar refractivity (Wildman–Crippen MR) is 100 cm³/mol. The lowest BCUT2D eigenvalue weighted by molar-refractivity contribution is 0.551. The summed E-state index contributed by atoms with van der Waals surface area (Å²) in [4.78, 5) is 4.32. The van der Waals surface area contributed by atoms with Crippen LogP contribution < -0.4 is 10.1 Å². The van der Waals surface area contributed by atoms with Crippen LogP contribution in [0.5, 0.6) is 5.75 Å². The zero-order valence-corrected chi connectivity index (χ0v) is 13.9. The second-order valence-corrected chi connectivity index (χ2v) is 5.48. The molecule has 0 spiro atoms. The maximum Gasteiger partial charge on any atom is 0.223 e. The normalized spacial score (nSPS) is 11.2. The van der Waals surface area contributed by atoms with Gasteiger partial charge in [0.15, 0.2) is 0 Å². The molecule has 0 saturated carbocycles. The van der Waals surface area contributed by atoms with Gasteiger partial charge in [0, 0.05) is 12.7 Å². The zero-order chi connectivity index (χ0) is 16.8. The Morgan fingerprint density at radius 3 is 2.21 bits per heavy atom. The largest absolute Gasteiger partial charge is 0.439 e. The van der Waals surface area contributed by atoms with E-state index in [0.29, 0.717) is 5.90 Å². The lowest BCUT2D eigenvalue weighted by Gasteiger charge is -2.14. The number of nitrogens with zero attached hydrogens (tertiary/aromatic N) is 1. The first kappa shape index (κ1) is 15.8. The Morgan fingerprint density at radius 1 is 0.833 bits per heavy atom. The van der Waals surface area contributed by atoms with E-state index in [1.165, 1.54) is 5.56 Å². The molecule has 3 aromatic rings. The van der Waals surface area contributed by atoms with Crippen LogP contribution in [0.4, 0.5) is 11.4 Å². The number of hydrogen-bond donors (Lipinski definition) is 1. The fourth-order valence-corrected chi connectivity index (χ4v) is 2.39. The molecule has 0 atom stereocenters. The van der Waals surface area contributed by atoms with Crippen molar-refractivity contribution in [3.63, 3.8) is 0 Å². The fraction of sp³-hybridized carbons (Fsp3) is 0.0952. The molecule has 0 unspecified atom stereocenters. The molecule has 3 aromatic carbocycles. The molecule has 0 amide bonds. The van der Waals surface area contributed by atoms with Crippen LogP contribution in [0.15, 0.2) is 83.9 Å². The minimum Gasteiger partial charge on any atom is -0.439 e. The smallest absolute Gasteiger partial charge is 0.223 e. The number of aliphatic imine (C=N–C) groups is 1. The number of aryl methyl sites for hydroxylation is 1. The van der Waals surface area contributed by atoms with Crippen LogP contribution in [0.25, 0.3) is 0 Å². The number of nitrogens with one attached hydrogen (secondary N) is 1. The average Bonchev–Trinajstić information content (AvgIpc) is 2.63. The Balaban J connectivity index is 1.88. The van der Waals surface area contributed by atoms with E-state index in [9.17, 15) is 0 Å². The summed E-state index contributed by atoms with van der Waals surface area (Å²) in [6.45, 7) is 2.08. The summed E-state index contributed by atoms with van der Waals surface area (Å²) >= 11 is 0. The lowest BCUT2D eigenvalue weighted by atomic mass is 10.1. The molecular weight excluding hydrogens is 296 g/mol. The minimum atomic E-state index is 0.580. The van der Waals surface area contributed by atoms with Crippen molar-refractivity contribution in [2.75, 3.05) is 12.4 Å². The molecule has 3 rings (SSSR count). The van der Waals surface area contributed by atoms with E-state index in [1.54, 1.807) is 7.05 Å². The summed E-state index contributed by atoms with van der Waals surface area (Å²) in [5.41, 5.74) is 4.14. The number of para-hydroxylation sites is 2. The number of hydrogen-bond acceptors (Lipinski definition) is 3. The summed E-state index contributed by atoms with van der Waals surface area (Å²) in [6, 6.07) is 26.0. The van der Waals surface area contributed by atoms with Crippen molar-refractivity contribution in [3.8, 4) is 5.75 Å². The molecule has 0 aliphatic rings. The molecule has 0 radical (unpaired) electrons. The van der Waals surface area contributed by atoms with Gasteiger partial charge >= 0.3 is 0 Å². The van der Waals surface area contributed by atoms with Crippen molar-refractivity contribution in [3.05, 3.63) is 90.0 Å². The molecule has 0 aromatic heterocycles. The minimum absolute atomic E-state index is 0.580. The van der Waals surface area contributed by atoms with Crippen LogP contribution in [0.2, 0.25) is 0 Å². The molecule has 0 saturated heterocycles. The highest BCUT2D eigenvalue weighted by molar-refractivity contribution is 6.01. The highest BCUT2D eigenvalue weighted by Crippen LogP contribution is 2.23. The van der Waals surface area contributed by atoms with Gasteiger partial charge < -0.3 is 10.1 Å². The van der Waals surface area contributed by atoms with Crippen LogP contribution in [-0.2, 0) is 0 Å². The maximum atomic E-state index is 5.96. The molecule has 0 fully saturated rings. The Labute approximate surface area is 142 Å². The topological polar surface area (TPSA) is 33.6 Å². The zero-order valence-electron chi connectivity index (χ0n) is 13.9. The first-order chi connectivity index (χ1) is 11.8. The summed E-state index contributed by atoms with van der Waals surface area (Å²) in [6.07, 6.45) is 0. The van der Waals surface area contributed by atoms with E-state index in [2.05, 4.69) is 41.5 Å². The quantitative estimate of drug-likeness (QED) is 0.530. The standard InChI is InChI=1S/C21H20N2O/c1-16-12-14-17(15-13-16)23-20-11-7-6-10-19(20)21(22-2)24-18-8-4-3-5-9-18/h3-15,23H,1-2H3. The predicted octanol–water partition coefficient (Wildman–Crippen LogP) is 5.19. The van der Waals surface area contributed by atoms with E-state index in [4.69, 9.17) is 4.74 Å². The van der Waals surface area contributed by atoms with Crippen LogP contribution >= 0.6 is 0 Å². The van der Waals surface area contributed by atoms with Gasteiger partial charge in [-0.3, -0.25) is 4.99 Å². The third-order valence-corrected chi connectivity index (χ3v) is 3.65. The van der Waals surface area contributed by atoms with E-state index in [-0.39, 0.29) is 0 Å². The third-order valence-electron chi connectivity index (χ3n) is 3.65. The van der Waals surface area contributed by atoms with Crippen LogP contribution in [-0.4, -0.2) is 12.9 Å². The monoisotopic (exact) mass is 316 g/mol. The molecule has 120 valence electrons. The second-order valence-electron chi connectivity index (χ2n) is 5.48. The third kappa shape index (κ3) is 3.82. The molecule has 1 N–H and O–H groups in total. The SMILES string of the molecule is CN=C(Oc1ccccc1)c1ccccc1Nc1ccc(C)cc1. The first-order valence-electron chi connectivity index (χ1n) is 7.89. The summed E-state index contributed by atoms with van der Waals surface area (Å²) in [5, 5.41) is 3.44. The van der Waals surface area contributed by atoms with E-state index < -0.39 is 0 Å². The molecule has 3 heteroatoms. The molecule has 0 aliphatic carbocycles. The van der Waals surface area contributed by atoms with Crippen molar-refractivity contribution < 1.29 is 4.74 Å². The molecule has 0 bridgehead atoms. The molecule has 0 aliphatic heterocycles. The van der Waals surface area contributed by atoms with Crippen molar-refractivity contribution in [2.45, 2.75) is 6.92 Å². The highest BCUT2D eigenvalue weighted by atomic mass is 16.5. The Hall–Kier alpha value is -3.07. The van der Waals surface area contributed by atoms with Crippen LogP contribution in [0.1, 0.15) is 11.1 Å². The molecular formula is C21H20N2O. The number of ether oxygens (including phenoxy) is 1. The van der Waals surface area contributed by atoms with E-state index in [1.807, 2.05) is 54.6 Å². The van der Waals surface area contributed by atoms with Gasteiger partial charge in [-0.2, -0.15) is 0 Å². The van der Waals surface area contributed by atoms with Crippen molar-refractivity contribution >= 4 is 17.3 Å². The Kier molecular flexibility index (Phi) is 4.92. The van der Waals surface area contributed by atoms with Gasteiger partial charge in [0.25, 0.3) is 0 Å². The number of benzene rings is 3. The van der Waals surface area contributed by atoms with Crippen LogP contribution in [0, 0.1) is 6.92 Å². The maximum absolute atomic E-state index is 5.96. The van der Waals surface area contributed by atoms with E-state index >= 15 is 0 Å². The lowest BCUT2D eigenvalue weighted by Crippen LogP contribution is -2.12. The summed E-state index contributed by atoms with van der Waals surface area (Å²) in [7, 11) is 1.74. The van der Waals surface area contributed by atoms with Crippen molar-refractivity contribution in [2.24, 2.45) is 4.99 Å². The molecule has 0 heterocycles. The average molecular weight is 316 g/mol. The fourth-order valence-electron chi connectivity index (χ4n) is 2.39. The van der Waals surface area contributed by atoms with Crippen molar-refractivity contribution in [1.29, 1.82) is 0 Å². The van der Waals surface area contributed by atoms with Gasteiger partial charge in [0.2, 0.25) is 5.90 Å². The van der Waals surface area contributed by atoms with Gasteiger partial charge in [0.1, 0.15) is 5.75 Å². The summed E-state index contributed by atoms with van der Waals surface area (Å²) < 4.78 is 5.96. The van der Waals surface area contributed by atoms with Gasteiger partial charge in [-0.15, -0.1) is 0 Å². The van der Waals surface area contributed by atoms with Crippen LogP contribution in [0.3, 0.4) is 0 Å². The number of anilines is 2. The first-order valence-corrected chi connectivity index (χ1v) is 7.89. The van der Waals surface area contributed by atoms with Gasteiger partial charge in [-0.05, 0) is 43.3 Å². The molecule has 24 heavy (non-hydrogen) atoms. The van der Waals surface area contributed by atoms with Gasteiger partial charge in [-0.25, -0.2) is 0 Å². The van der Waals surface area contributed by atoms with E-state index in [0.717, 1.165) is 22.7 Å². The summed E-state index contributed by atoms with van der Waals surface area (Å²) in [5.74, 6) is 1.35. The Bertz CT molecular complexity index is 824. The second kappa shape index (κ2) is 7.47.